The van der Waals surface area contributed by atoms with E-state index >= 15 is 0 Å². The van der Waals surface area contributed by atoms with Gasteiger partial charge < -0.3 is 45.2 Å². The van der Waals surface area contributed by atoms with Gasteiger partial charge in [0.15, 0.2) is 39.6 Å². The van der Waals surface area contributed by atoms with Crippen molar-refractivity contribution in [1.29, 1.82) is 0 Å². The summed E-state index contributed by atoms with van der Waals surface area (Å²) in [7, 11) is 3.66. The minimum Gasteiger partial charge on any atom is -0.461 e. The highest BCUT2D eigenvalue weighted by molar-refractivity contribution is 7.52. The van der Waals surface area contributed by atoms with Gasteiger partial charge in [0.1, 0.15) is 60.5 Å². The normalized spacial score (nSPS) is 22.9. The highest BCUT2D eigenvalue weighted by atomic mass is 31.2. The first-order valence-electron chi connectivity index (χ1n) is 27.3. The molecule has 1 saturated carbocycles. The van der Waals surface area contributed by atoms with Crippen molar-refractivity contribution in [3.05, 3.63) is 54.9 Å². The van der Waals surface area contributed by atoms with E-state index in [0.29, 0.717) is 23.4 Å². The predicted molar refractivity (Wildman–Crippen MR) is 299 cm³/mol. The number of para-hydroxylation sites is 1. The van der Waals surface area contributed by atoms with Crippen molar-refractivity contribution < 1.29 is 56.8 Å². The van der Waals surface area contributed by atoms with E-state index in [9.17, 15) is 28.8 Å². The molecule has 2 aliphatic heterocycles. The number of carbonyl (C=O) groups is 2. The van der Waals surface area contributed by atoms with Gasteiger partial charge >= 0.3 is 25.8 Å². The molecular formula is C54H73B2FN11O11P. The number of hydrogen-bond donors (Lipinski definition) is 5. The number of esters is 2. The van der Waals surface area contributed by atoms with Gasteiger partial charge in [0.05, 0.1) is 19.3 Å². The van der Waals surface area contributed by atoms with Gasteiger partial charge in [-0.3, -0.25) is 23.2 Å². The Bertz CT molecular complexity index is 2940. The monoisotopic (exact) mass is 1120 g/mol. The number of imidazole rings is 2. The second-order valence-corrected chi connectivity index (χ2v) is 21.7. The predicted octanol–water partition coefficient (Wildman–Crippen LogP) is 7.11. The summed E-state index contributed by atoms with van der Waals surface area (Å²) in [5.41, 5.74) is 9.61. The number of aromatic nitrogens is 8. The molecule has 7 N–H and O–H groups in total. The molecule has 1 aromatic carbocycles. The minimum absolute atomic E-state index is 0.0316. The van der Waals surface area contributed by atoms with Crippen molar-refractivity contribution >= 4 is 69.1 Å². The van der Waals surface area contributed by atoms with Crippen LogP contribution in [0.1, 0.15) is 154 Å². The van der Waals surface area contributed by atoms with Crippen LogP contribution in [0.2, 0.25) is 0 Å². The smallest absolute Gasteiger partial charge is 0.459 e. The number of anilines is 2. The molecule has 80 heavy (non-hydrogen) atoms. The number of fused-ring (bicyclic) bond motifs is 2. The molecule has 428 valence electrons. The molecule has 3 fully saturated rings. The van der Waals surface area contributed by atoms with Gasteiger partial charge in [-0.15, -0.1) is 12.8 Å². The number of aliphatic hydroxyl groups excluding tert-OH is 2. The van der Waals surface area contributed by atoms with Crippen LogP contribution < -0.4 is 21.1 Å². The zero-order chi connectivity index (χ0) is 57.9. The van der Waals surface area contributed by atoms with Crippen molar-refractivity contribution in [3.63, 3.8) is 0 Å². The molecule has 0 spiro atoms. The fourth-order valence-electron chi connectivity index (χ4n) is 9.76. The average Bonchev–Trinajstić information content (AvgIpc) is 4.24. The van der Waals surface area contributed by atoms with Crippen molar-refractivity contribution in [3.8, 4) is 30.4 Å². The molecule has 22 nitrogen and oxygen atoms in total. The number of rotatable bonds is 25. The maximum atomic E-state index is 14.3. The molecule has 4 radical (unpaired) electrons. The summed E-state index contributed by atoms with van der Waals surface area (Å²) in [6.45, 7) is 4.51. The molecular weight excluding hydrogens is 1050 g/mol. The number of benzene rings is 1. The Hall–Kier alpha value is -6.17. The van der Waals surface area contributed by atoms with E-state index < -0.39 is 68.3 Å². The highest BCUT2D eigenvalue weighted by Gasteiger charge is 2.53. The second-order valence-electron chi connectivity index (χ2n) is 20.0. The van der Waals surface area contributed by atoms with E-state index in [1.54, 1.807) is 41.8 Å². The number of unbranched alkanes of at least 4 members (excludes halogenated alkanes) is 10. The molecule has 4 aromatic heterocycles. The maximum absolute atomic E-state index is 14.3. The van der Waals surface area contributed by atoms with E-state index in [1.165, 1.54) is 75.5 Å². The Kier molecular flexibility index (Phi) is 23.7. The summed E-state index contributed by atoms with van der Waals surface area (Å²) in [5, 5.41) is 23.8. The van der Waals surface area contributed by atoms with E-state index in [1.807, 2.05) is 0 Å². The van der Waals surface area contributed by atoms with Gasteiger partial charge in [-0.1, -0.05) is 108 Å². The number of aryl methyl sites for hydroxylation is 1. The van der Waals surface area contributed by atoms with Crippen LogP contribution in [0.4, 0.5) is 16.0 Å². The fourth-order valence-corrected chi connectivity index (χ4v) is 11.5. The summed E-state index contributed by atoms with van der Waals surface area (Å²) in [6, 6.07) is 7.33. The van der Waals surface area contributed by atoms with Crippen LogP contribution in [-0.4, -0.2) is 125 Å². The van der Waals surface area contributed by atoms with E-state index in [-0.39, 0.29) is 60.1 Å². The van der Waals surface area contributed by atoms with E-state index in [0.717, 1.165) is 51.4 Å². The number of nitrogens with zero attached hydrogens (tertiary/aromatic N) is 8. The third kappa shape index (κ3) is 16.3. The standard InChI is InChI=1S/C28H35N6O7P.C26H38FN5O4.B2/c1-4-28(16-35)22(15-23(39-28)34-17-30-24-25(29)31-19(3)32-26(24)34)41-42(37,40-21-13-9-6-10-14-21)33-18(2)27(36)38-20-11-7-5-8-12-20;1-3-5-6-7-8-9-10-11-12-13-14-15-21(34)35-17-26(4-2)19(33)16-20(36-26)32-18-29-22-23(28)30-25(27)31-24(22)32;1-2/h1,6,9-10,13-14,17-18,20,22-23,35H,5,7-8,11-12,15-16H2,2-3H3,(H,33,37)(H2,29,31,32);2,18-20,33H,3,5-17H2,1H3,(H2,28,30,31);/t18-,22-,23+,28+,42+;19-,20+,26+;/m00./s1. The number of nitrogens with one attached hydrogen (secondary N) is 1. The third-order valence-corrected chi connectivity index (χ3v) is 15.8. The summed E-state index contributed by atoms with van der Waals surface area (Å²) in [4.78, 5) is 49.4. The molecule has 2 saturated heterocycles. The van der Waals surface area contributed by atoms with Crippen LogP contribution in [0, 0.1) is 37.7 Å². The van der Waals surface area contributed by atoms with Crippen LogP contribution in [0.3, 0.4) is 0 Å². The van der Waals surface area contributed by atoms with Gasteiger partial charge in [0.25, 0.3) is 0 Å². The zero-order valence-corrected chi connectivity index (χ0v) is 46.7. The molecule has 5 aromatic rings. The lowest BCUT2D eigenvalue weighted by molar-refractivity contribution is -0.156. The molecule has 3 aliphatic rings. The molecule has 26 heteroatoms. The number of aliphatic hydroxyl groups is 2. The Morgan fingerprint density at radius 1 is 0.863 bits per heavy atom. The maximum Gasteiger partial charge on any atom is 0.459 e. The lowest BCUT2D eigenvalue weighted by Crippen LogP contribution is -2.45. The van der Waals surface area contributed by atoms with Crippen LogP contribution in [0.15, 0.2) is 43.0 Å². The number of nitrogens with two attached hydrogens (primary N) is 2. The number of terminal acetylenes is 2. The number of hydrogen-bond acceptors (Lipinski definition) is 19. The van der Waals surface area contributed by atoms with Gasteiger partial charge in [0, 0.05) is 34.7 Å². The van der Waals surface area contributed by atoms with Crippen molar-refractivity contribution in [1.82, 2.24) is 44.1 Å². The zero-order valence-electron chi connectivity index (χ0n) is 45.8. The minimum atomic E-state index is -4.34. The molecule has 0 unspecified atom stereocenters. The van der Waals surface area contributed by atoms with Crippen molar-refractivity contribution in [2.75, 3.05) is 24.7 Å². The fraction of sp³-hybridized carbons (Fsp3) is 0.593. The largest absolute Gasteiger partial charge is 0.461 e. The summed E-state index contributed by atoms with van der Waals surface area (Å²) < 4.78 is 66.1. The van der Waals surface area contributed by atoms with Crippen LogP contribution in [0.25, 0.3) is 22.3 Å². The topological polar surface area (TPSA) is 298 Å². The Morgan fingerprint density at radius 2 is 1.43 bits per heavy atom. The first-order chi connectivity index (χ1) is 38.5. The molecule has 8 atom stereocenters. The lowest BCUT2D eigenvalue weighted by atomic mass is 9.81. The molecule has 8 rings (SSSR count). The first kappa shape index (κ1) is 63.0. The first-order valence-corrected chi connectivity index (χ1v) is 28.8. The van der Waals surface area contributed by atoms with Gasteiger partial charge in [-0.25, -0.2) is 24.5 Å². The number of carbonyl (C=O) groups excluding carboxylic acids is 2. The second kappa shape index (κ2) is 30.0. The summed E-state index contributed by atoms with van der Waals surface area (Å²) in [5.74, 6) is 4.71. The quantitative estimate of drug-likeness (QED) is 0.00971. The van der Waals surface area contributed by atoms with Crippen LogP contribution in [-0.2, 0) is 37.6 Å². The summed E-state index contributed by atoms with van der Waals surface area (Å²) in [6.07, 6.45) is 27.5. The van der Waals surface area contributed by atoms with Crippen LogP contribution >= 0.6 is 7.75 Å². The third-order valence-electron chi connectivity index (χ3n) is 14.1. The Balaban J connectivity index is 0.000000253. The molecule has 0 bridgehead atoms. The SMILES string of the molecule is C#C[C@]1(CO)O[C@@H](n2cnc3c(N)nc(C)nc32)C[C@@H]1O[P@@](=O)(N[C@@H](C)C(=O)OC1CCCCC1)Oc1ccccc1.C#C[C@]1(COC(=O)CCCCCCCCCCCCC)O[C@@H](n2cnc3c(N)nc(F)nc32)C[C@@H]1O.[B][B]. The van der Waals surface area contributed by atoms with Crippen molar-refractivity contribution in [2.24, 2.45) is 0 Å². The number of halogens is 1. The molecule has 0 amide bonds. The molecule has 6 heterocycles. The Labute approximate surface area is 469 Å². The highest BCUT2D eigenvalue weighted by Crippen LogP contribution is 2.52. The van der Waals surface area contributed by atoms with Gasteiger partial charge in [-0.05, 0) is 58.1 Å². The van der Waals surface area contributed by atoms with E-state index in [2.05, 4.69) is 69.2 Å². The average molecular weight is 1120 g/mol. The van der Waals surface area contributed by atoms with Gasteiger partial charge in [0.2, 0.25) is 0 Å². The van der Waals surface area contributed by atoms with Gasteiger partial charge in [-0.2, -0.15) is 19.4 Å². The lowest BCUT2D eigenvalue weighted by Gasteiger charge is -2.31. The number of ether oxygens (including phenoxy) is 4. The van der Waals surface area contributed by atoms with Crippen LogP contribution in [0.5, 0.6) is 5.75 Å². The Morgan fingerprint density at radius 3 is 2.02 bits per heavy atom. The van der Waals surface area contributed by atoms with E-state index in [4.69, 9.17) is 52.3 Å². The number of nitrogen functional groups attached to an aromatic ring is 2. The van der Waals surface area contributed by atoms with Crippen molar-refractivity contribution in [2.45, 2.75) is 191 Å². The summed E-state index contributed by atoms with van der Waals surface area (Å²) >= 11 is 0. The molecule has 1 aliphatic carbocycles.